The lowest BCUT2D eigenvalue weighted by Crippen LogP contribution is -2.29. The van der Waals surface area contributed by atoms with Crippen LogP contribution in [0.5, 0.6) is 11.5 Å². The maximum atomic E-state index is 13.5. The molecule has 1 amide bonds. The van der Waals surface area contributed by atoms with E-state index in [0.717, 1.165) is 11.1 Å². The van der Waals surface area contributed by atoms with E-state index in [-0.39, 0.29) is 17.9 Å². The number of amides is 1. The molecule has 0 radical (unpaired) electrons. The number of aliphatic hydroxyl groups is 1. The first-order chi connectivity index (χ1) is 18.2. The van der Waals surface area contributed by atoms with Crippen LogP contribution >= 0.6 is 0 Å². The fourth-order valence-electron chi connectivity index (χ4n) is 4.72. The molecule has 196 valence electrons. The Labute approximate surface area is 221 Å². The van der Waals surface area contributed by atoms with Crippen molar-refractivity contribution >= 4 is 29.1 Å². The highest BCUT2D eigenvalue weighted by Crippen LogP contribution is 2.44. The number of carbonyl (C=O) groups is 3. The first-order valence-electron chi connectivity index (χ1n) is 12.1. The molecular formula is C30H29NO7. The van der Waals surface area contributed by atoms with Crippen LogP contribution in [0, 0.1) is 13.8 Å². The van der Waals surface area contributed by atoms with E-state index in [2.05, 4.69) is 0 Å². The molecule has 1 atom stereocenters. The second-order valence-electron chi connectivity index (χ2n) is 8.87. The lowest BCUT2D eigenvalue weighted by Gasteiger charge is -2.26. The Kier molecular flexibility index (Phi) is 7.52. The van der Waals surface area contributed by atoms with Crippen LogP contribution in [0.1, 0.15) is 45.6 Å². The van der Waals surface area contributed by atoms with E-state index in [4.69, 9.17) is 14.2 Å². The molecule has 1 heterocycles. The predicted octanol–water partition coefficient (Wildman–Crippen LogP) is 5.12. The molecule has 0 bridgehead atoms. The molecule has 1 fully saturated rings. The Morgan fingerprint density at radius 2 is 1.61 bits per heavy atom. The summed E-state index contributed by atoms with van der Waals surface area (Å²) in [6.07, 6.45) is 0. The van der Waals surface area contributed by atoms with Gasteiger partial charge in [0.1, 0.15) is 17.3 Å². The summed E-state index contributed by atoms with van der Waals surface area (Å²) in [6.45, 7) is 5.65. The molecular weight excluding hydrogens is 486 g/mol. The van der Waals surface area contributed by atoms with Gasteiger partial charge in [0, 0.05) is 5.69 Å². The molecule has 1 aliphatic heterocycles. The van der Waals surface area contributed by atoms with Gasteiger partial charge in [0.25, 0.3) is 11.7 Å². The van der Waals surface area contributed by atoms with Gasteiger partial charge in [-0.15, -0.1) is 0 Å². The summed E-state index contributed by atoms with van der Waals surface area (Å²) in [5.74, 6) is -1.46. The van der Waals surface area contributed by atoms with Crippen molar-refractivity contribution in [2.45, 2.75) is 26.8 Å². The number of hydrogen-bond donors (Lipinski definition) is 1. The second-order valence-corrected chi connectivity index (χ2v) is 8.87. The molecule has 3 aromatic rings. The number of nitrogens with zero attached hydrogens (tertiary/aromatic N) is 1. The van der Waals surface area contributed by atoms with Gasteiger partial charge in [0.2, 0.25) is 0 Å². The molecule has 3 aromatic carbocycles. The van der Waals surface area contributed by atoms with E-state index < -0.39 is 23.7 Å². The zero-order valence-electron chi connectivity index (χ0n) is 21.9. The van der Waals surface area contributed by atoms with E-state index >= 15 is 0 Å². The van der Waals surface area contributed by atoms with E-state index in [1.165, 1.54) is 24.1 Å². The topological polar surface area (TPSA) is 102 Å². The van der Waals surface area contributed by atoms with E-state index in [1.54, 1.807) is 56.5 Å². The number of hydrogen-bond acceptors (Lipinski definition) is 7. The fraction of sp³-hybridized carbons (Fsp3) is 0.233. The van der Waals surface area contributed by atoms with Crippen molar-refractivity contribution < 1.29 is 33.7 Å². The largest absolute Gasteiger partial charge is 0.507 e. The number of anilines is 1. The van der Waals surface area contributed by atoms with Crippen LogP contribution in [0.4, 0.5) is 5.69 Å². The average molecular weight is 516 g/mol. The highest BCUT2D eigenvalue weighted by molar-refractivity contribution is 6.51. The number of aliphatic hydroxyl groups excluding tert-OH is 1. The number of aryl methyl sites for hydroxylation is 2. The van der Waals surface area contributed by atoms with Gasteiger partial charge in [-0.1, -0.05) is 18.2 Å². The Bertz CT molecular complexity index is 1420. The predicted molar refractivity (Wildman–Crippen MR) is 143 cm³/mol. The number of benzene rings is 3. The molecule has 1 aliphatic rings. The smallest absolute Gasteiger partial charge is 0.338 e. The van der Waals surface area contributed by atoms with Crippen molar-refractivity contribution in [1.82, 2.24) is 0 Å². The van der Waals surface area contributed by atoms with Gasteiger partial charge in [0.15, 0.2) is 0 Å². The summed E-state index contributed by atoms with van der Waals surface area (Å²) >= 11 is 0. The summed E-state index contributed by atoms with van der Waals surface area (Å²) in [5, 5.41) is 11.6. The van der Waals surface area contributed by atoms with Gasteiger partial charge in [-0.2, -0.15) is 0 Å². The zero-order chi connectivity index (χ0) is 27.6. The SMILES string of the molecule is CCOC(=O)c1ccc(N2C(=O)C(=O)/C(=C(/O)c3cc(C)cc(C)c3OC)C2c2ccc(OC)cc2)cc1. The Morgan fingerprint density at radius 1 is 0.947 bits per heavy atom. The number of ether oxygens (including phenoxy) is 3. The van der Waals surface area contributed by atoms with Crippen LogP contribution in [0.3, 0.4) is 0 Å². The zero-order valence-corrected chi connectivity index (χ0v) is 21.9. The monoisotopic (exact) mass is 515 g/mol. The minimum atomic E-state index is -0.945. The Balaban J connectivity index is 1.92. The van der Waals surface area contributed by atoms with Gasteiger partial charge in [-0.05, 0) is 79.9 Å². The molecule has 0 aromatic heterocycles. The minimum absolute atomic E-state index is 0.0714. The number of esters is 1. The molecule has 1 unspecified atom stereocenters. The summed E-state index contributed by atoms with van der Waals surface area (Å²) in [7, 11) is 3.03. The maximum Gasteiger partial charge on any atom is 0.338 e. The van der Waals surface area contributed by atoms with Gasteiger partial charge in [-0.3, -0.25) is 14.5 Å². The molecule has 0 aliphatic carbocycles. The van der Waals surface area contributed by atoms with E-state index in [0.29, 0.717) is 33.9 Å². The lowest BCUT2D eigenvalue weighted by atomic mass is 9.93. The number of ketones is 1. The van der Waals surface area contributed by atoms with Gasteiger partial charge >= 0.3 is 5.97 Å². The number of Topliss-reactive ketones (excluding diaryl/α,β-unsaturated/α-hetero) is 1. The average Bonchev–Trinajstić information content (AvgIpc) is 3.18. The van der Waals surface area contributed by atoms with Crippen molar-refractivity contribution in [3.8, 4) is 11.5 Å². The van der Waals surface area contributed by atoms with Gasteiger partial charge in [0.05, 0.1) is 43.6 Å². The summed E-state index contributed by atoms with van der Waals surface area (Å²) in [6, 6.07) is 15.8. The molecule has 38 heavy (non-hydrogen) atoms. The molecule has 1 saturated heterocycles. The number of rotatable bonds is 7. The van der Waals surface area contributed by atoms with Gasteiger partial charge < -0.3 is 19.3 Å². The highest BCUT2D eigenvalue weighted by atomic mass is 16.5. The van der Waals surface area contributed by atoms with Crippen molar-refractivity contribution in [2.75, 3.05) is 25.7 Å². The van der Waals surface area contributed by atoms with Crippen molar-refractivity contribution in [3.63, 3.8) is 0 Å². The number of carbonyl (C=O) groups excluding carboxylic acids is 3. The van der Waals surface area contributed by atoms with Crippen molar-refractivity contribution in [1.29, 1.82) is 0 Å². The van der Waals surface area contributed by atoms with Crippen LogP contribution in [0.25, 0.3) is 5.76 Å². The van der Waals surface area contributed by atoms with E-state index in [1.807, 2.05) is 19.9 Å². The third-order valence-electron chi connectivity index (χ3n) is 6.41. The van der Waals surface area contributed by atoms with Gasteiger partial charge in [-0.25, -0.2) is 4.79 Å². The van der Waals surface area contributed by atoms with E-state index in [9.17, 15) is 19.5 Å². The molecule has 0 spiro atoms. The molecule has 8 heteroatoms. The third kappa shape index (κ3) is 4.72. The van der Waals surface area contributed by atoms with Crippen LogP contribution in [0.15, 0.2) is 66.2 Å². The quantitative estimate of drug-likeness (QED) is 0.202. The summed E-state index contributed by atoms with van der Waals surface area (Å²) in [5.41, 5.74) is 3.16. The minimum Gasteiger partial charge on any atom is -0.507 e. The highest BCUT2D eigenvalue weighted by Gasteiger charge is 2.47. The van der Waals surface area contributed by atoms with Crippen LogP contribution in [0.2, 0.25) is 0 Å². The molecule has 8 nitrogen and oxygen atoms in total. The Hall–Kier alpha value is -4.59. The van der Waals surface area contributed by atoms with Crippen molar-refractivity contribution in [3.05, 3.63) is 94.1 Å². The summed E-state index contributed by atoms with van der Waals surface area (Å²) < 4.78 is 15.9. The van der Waals surface area contributed by atoms with Crippen LogP contribution < -0.4 is 14.4 Å². The Morgan fingerprint density at radius 3 is 2.18 bits per heavy atom. The van der Waals surface area contributed by atoms with Crippen LogP contribution in [-0.4, -0.2) is 43.6 Å². The lowest BCUT2D eigenvalue weighted by molar-refractivity contribution is -0.132. The fourth-order valence-corrected chi connectivity index (χ4v) is 4.72. The third-order valence-corrected chi connectivity index (χ3v) is 6.41. The number of methoxy groups -OCH3 is 2. The normalized spacial score (nSPS) is 16.4. The first kappa shape index (κ1) is 26.5. The molecule has 0 saturated carbocycles. The summed E-state index contributed by atoms with van der Waals surface area (Å²) in [4.78, 5) is 40.4. The van der Waals surface area contributed by atoms with Crippen LogP contribution in [-0.2, 0) is 14.3 Å². The standard InChI is InChI=1S/C30H29NO7/c1-6-38-30(35)20-7-11-21(12-8-20)31-25(19-9-13-22(36-4)14-10-19)24(27(33)29(31)34)26(32)23-16-17(2)15-18(3)28(23)37-5/h7-16,25,32H,6H2,1-5H3/b26-24+. The molecule has 4 rings (SSSR count). The second kappa shape index (κ2) is 10.8. The molecule has 1 N–H and O–H groups in total. The van der Waals surface area contributed by atoms with Crippen molar-refractivity contribution in [2.24, 2.45) is 0 Å². The first-order valence-corrected chi connectivity index (χ1v) is 12.1. The maximum absolute atomic E-state index is 13.5.